The Labute approximate surface area is 141 Å². The van der Waals surface area contributed by atoms with E-state index >= 15 is 0 Å². The van der Waals surface area contributed by atoms with Gasteiger partial charge in [0.25, 0.3) is 0 Å². The molecule has 0 aliphatic carbocycles. The van der Waals surface area contributed by atoms with E-state index in [1.807, 2.05) is 32.0 Å². The highest BCUT2D eigenvalue weighted by molar-refractivity contribution is 7.21. The molecule has 0 bridgehead atoms. The molecule has 0 atom stereocenters. The fraction of sp³-hybridized carbons (Fsp3) is 0.118. The van der Waals surface area contributed by atoms with Gasteiger partial charge in [-0.05, 0) is 55.1 Å². The largest absolute Gasteiger partial charge is 0.275 e. The molecule has 1 N–H and O–H groups in total. The van der Waals surface area contributed by atoms with Gasteiger partial charge in [-0.15, -0.1) is 11.3 Å². The summed E-state index contributed by atoms with van der Waals surface area (Å²) in [6, 6.07) is 9.07. The van der Waals surface area contributed by atoms with Crippen molar-refractivity contribution in [3.8, 4) is 0 Å². The average molecular weight is 351 g/mol. The number of anilines is 1. The molecule has 0 saturated heterocycles. The molecule has 1 heterocycles. The van der Waals surface area contributed by atoms with Crippen LogP contribution in [0.1, 0.15) is 17.4 Å². The van der Waals surface area contributed by atoms with Crippen molar-refractivity contribution in [1.29, 1.82) is 0 Å². The summed E-state index contributed by atoms with van der Waals surface area (Å²) < 4.78 is 27.6. The van der Waals surface area contributed by atoms with Crippen molar-refractivity contribution >= 4 is 44.4 Å². The summed E-state index contributed by atoms with van der Waals surface area (Å²) in [5.74, 6) is -1.30. The second kappa shape index (κ2) is 6.26. The van der Waals surface area contributed by atoms with E-state index in [4.69, 9.17) is 11.6 Å². The van der Waals surface area contributed by atoms with Gasteiger partial charge in [0.15, 0.2) is 5.82 Å². The number of rotatable bonds is 3. The molecular formula is C17H13ClF2N2S. The fourth-order valence-electron chi connectivity index (χ4n) is 2.31. The number of benzene rings is 2. The number of fused-ring (bicyclic) bond motifs is 1. The van der Waals surface area contributed by atoms with Crippen molar-refractivity contribution in [1.82, 2.24) is 0 Å². The molecule has 2 nitrogen and oxygen atoms in total. The summed E-state index contributed by atoms with van der Waals surface area (Å²) in [7, 11) is 0. The normalized spacial score (nSPS) is 12.0. The third-order valence-electron chi connectivity index (χ3n) is 3.50. The Kier molecular flexibility index (Phi) is 4.33. The predicted octanol–water partition coefficient (Wildman–Crippen LogP) is 5.98. The van der Waals surface area contributed by atoms with Gasteiger partial charge in [0.2, 0.25) is 0 Å². The Balaban J connectivity index is 1.93. The molecular weight excluding hydrogens is 338 g/mol. The molecule has 0 aliphatic heterocycles. The quantitative estimate of drug-likeness (QED) is 0.456. The van der Waals surface area contributed by atoms with E-state index in [1.54, 1.807) is 11.3 Å². The second-order valence-corrected chi connectivity index (χ2v) is 6.62. The second-order valence-electron chi connectivity index (χ2n) is 5.13. The fourth-order valence-corrected chi connectivity index (χ4v) is 3.62. The molecule has 0 spiro atoms. The SMILES string of the molecule is C/C(=N\Nc1ccc(F)cc1F)c1sc2ccc(Cl)cc2c1C. The molecule has 0 fully saturated rings. The lowest BCUT2D eigenvalue weighted by Gasteiger charge is -2.04. The monoisotopic (exact) mass is 350 g/mol. The van der Waals surface area contributed by atoms with E-state index in [0.29, 0.717) is 5.02 Å². The van der Waals surface area contributed by atoms with Crippen LogP contribution < -0.4 is 5.43 Å². The molecule has 2 aromatic carbocycles. The van der Waals surface area contributed by atoms with Crippen LogP contribution in [0.25, 0.3) is 10.1 Å². The Bertz CT molecular complexity index is 918. The van der Waals surface area contributed by atoms with Gasteiger partial charge < -0.3 is 0 Å². The van der Waals surface area contributed by atoms with Gasteiger partial charge in [0, 0.05) is 15.8 Å². The van der Waals surface area contributed by atoms with E-state index in [2.05, 4.69) is 10.5 Å². The van der Waals surface area contributed by atoms with E-state index in [-0.39, 0.29) is 5.69 Å². The maximum Gasteiger partial charge on any atom is 0.151 e. The van der Waals surface area contributed by atoms with Gasteiger partial charge >= 0.3 is 0 Å². The van der Waals surface area contributed by atoms with E-state index < -0.39 is 11.6 Å². The highest BCUT2D eigenvalue weighted by atomic mass is 35.5. The van der Waals surface area contributed by atoms with Crippen LogP contribution in [0.4, 0.5) is 14.5 Å². The van der Waals surface area contributed by atoms with E-state index in [9.17, 15) is 8.78 Å². The van der Waals surface area contributed by atoms with Crippen LogP contribution in [0.15, 0.2) is 41.5 Å². The predicted molar refractivity (Wildman–Crippen MR) is 93.8 cm³/mol. The standard InChI is InChI=1S/C17H13ClF2N2S/c1-9-13-7-11(18)3-6-16(13)23-17(9)10(2)21-22-15-5-4-12(19)8-14(15)20/h3-8,22H,1-2H3/b21-10+. The molecule has 118 valence electrons. The number of hydrogen-bond donors (Lipinski definition) is 1. The van der Waals surface area contributed by atoms with Gasteiger partial charge in [0.05, 0.1) is 16.3 Å². The first-order valence-corrected chi connectivity index (χ1v) is 8.09. The third-order valence-corrected chi connectivity index (χ3v) is 5.12. The van der Waals surface area contributed by atoms with Crippen molar-refractivity contribution in [3.63, 3.8) is 0 Å². The zero-order valence-corrected chi connectivity index (χ0v) is 14.0. The number of aryl methyl sites for hydroxylation is 1. The van der Waals surface area contributed by atoms with Crippen LogP contribution in [0.3, 0.4) is 0 Å². The van der Waals surface area contributed by atoms with Crippen LogP contribution >= 0.6 is 22.9 Å². The lowest BCUT2D eigenvalue weighted by atomic mass is 10.1. The molecule has 0 saturated carbocycles. The van der Waals surface area contributed by atoms with Crippen molar-refractivity contribution in [2.45, 2.75) is 13.8 Å². The Hall–Kier alpha value is -1.98. The van der Waals surface area contributed by atoms with Crippen LogP contribution in [-0.4, -0.2) is 5.71 Å². The van der Waals surface area contributed by atoms with Gasteiger partial charge in [-0.1, -0.05) is 11.6 Å². The van der Waals surface area contributed by atoms with Crippen LogP contribution in [-0.2, 0) is 0 Å². The molecule has 0 aliphatic rings. The molecule has 0 radical (unpaired) electrons. The zero-order valence-electron chi connectivity index (χ0n) is 12.5. The minimum absolute atomic E-state index is 0.132. The molecule has 23 heavy (non-hydrogen) atoms. The maximum atomic E-state index is 13.6. The smallest absolute Gasteiger partial charge is 0.151 e. The lowest BCUT2D eigenvalue weighted by molar-refractivity contribution is 0.585. The summed E-state index contributed by atoms with van der Waals surface area (Å²) in [4.78, 5) is 0.997. The number of nitrogens with zero attached hydrogens (tertiary/aromatic N) is 1. The van der Waals surface area contributed by atoms with Crippen LogP contribution in [0.5, 0.6) is 0 Å². The molecule has 3 aromatic rings. The van der Waals surface area contributed by atoms with Crippen LogP contribution in [0.2, 0.25) is 5.02 Å². The zero-order chi connectivity index (χ0) is 16.6. The molecule has 6 heteroatoms. The number of hydrogen-bond acceptors (Lipinski definition) is 3. The first-order valence-electron chi connectivity index (χ1n) is 6.90. The molecule has 0 amide bonds. The summed E-state index contributed by atoms with van der Waals surface area (Å²) >= 11 is 7.64. The number of thiophene rings is 1. The molecule has 0 unspecified atom stereocenters. The van der Waals surface area contributed by atoms with Crippen molar-refractivity contribution in [2.24, 2.45) is 5.10 Å². The van der Waals surface area contributed by atoms with Crippen molar-refractivity contribution < 1.29 is 8.78 Å². The highest BCUT2D eigenvalue weighted by Crippen LogP contribution is 2.33. The number of halogens is 3. The van der Waals surface area contributed by atoms with Crippen LogP contribution in [0, 0.1) is 18.6 Å². The summed E-state index contributed by atoms with van der Waals surface area (Å²) in [5.41, 5.74) is 4.58. The number of hydrazone groups is 1. The van der Waals surface area contributed by atoms with E-state index in [1.165, 1.54) is 12.1 Å². The Morgan fingerprint density at radius 1 is 1.17 bits per heavy atom. The third kappa shape index (κ3) is 3.21. The lowest BCUT2D eigenvalue weighted by Crippen LogP contribution is -2.00. The topological polar surface area (TPSA) is 24.4 Å². The molecule has 3 rings (SSSR count). The van der Waals surface area contributed by atoms with Gasteiger partial charge in [0.1, 0.15) is 5.82 Å². The molecule has 1 aromatic heterocycles. The minimum Gasteiger partial charge on any atom is -0.275 e. The van der Waals surface area contributed by atoms with Gasteiger partial charge in [-0.3, -0.25) is 5.43 Å². The Morgan fingerprint density at radius 2 is 1.96 bits per heavy atom. The highest BCUT2D eigenvalue weighted by Gasteiger charge is 2.11. The summed E-state index contributed by atoms with van der Waals surface area (Å²) in [5, 5.41) is 5.98. The summed E-state index contributed by atoms with van der Waals surface area (Å²) in [6.07, 6.45) is 0. The Morgan fingerprint density at radius 3 is 2.70 bits per heavy atom. The maximum absolute atomic E-state index is 13.6. The van der Waals surface area contributed by atoms with Gasteiger partial charge in [-0.2, -0.15) is 5.10 Å². The van der Waals surface area contributed by atoms with Crippen molar-refractivity contribution in [2.75, 3.05) is 5.43 Å². The minimum atomic E-state index is -0.679. The van der Waals surface area contributed by atoms with E-state index in [0.717, 1.165) is 32.3 Å². The first-order chi connectivity index (χ1) is 11.0. The number of nitrogens with one attached hydrogen (secondary N) is 1. The first kappa shape index (κ1) is 15.9. The average Bonchev–Trinajstić information content (AvgIpc) is 2.83. The van der Waals surface area contributed by atoms with Gasteiger partial charge in [-0.25, -0.2) is 8.78 Å². The van der Waals surface area contributed by atoms with Crippen molar-refractivity contribution in [3.05, 3.63) is 63.5 Å². The summed E-state index contributed by atoms with van der Waals surface area (Å²) in [6.45, 7) is 3.84.